The van der Waals surface area contributed by atoms with Crippen LogP contribution in [0.2, 0.25) is 0 Å². The molecule has 1 unspecified atom stereocenters. The topological polar surface area (TPSA) is 82.3 Å². The largest absolute Gasteiger partial charge is 0.474 e. The second-order valence-electron chi connectivity index (χ2n) is 3.69. The van der Waals surface area contributed by atoms with E-state index in [2.05, 4.69) is 15.4 Å². The number of nitrogens with one attached hydrogen (secondary N) is 1. The zero-order valence-corrected chi connectivity index (χ0v) is 9.06. The van der Waals surface area contributed by atoms with Crippen LogP contribution in [0.3, 0.4) is 0 Å². The van der Waals surface area contributed by atoms with Gasteiger partial charge in [0.25, 0.3) is 0 Å². The molecule has 2 rings (SSSR count). The number of hydrazine groups is 1. The predicted octanol–water partition coefficient (Wildman–Crippen LogP) is 0.710. The molecule has 0 spiro atoms. The standard InChI is InChI=1S/C10H16N4O2/c11-14-9-5-12-6-10(13-9)16-7-8-3-1-2-4-15-8/h5-6,8H,1-4,7,11H2,(H,13,14). The lowest BCUT2D eigenvalue weighted by molar-refractivity contribution is -0.0119. The Balaban J connectivity index is 1.83. The molecular formula is C10H16N4O2. The van der Waals surface area contributed by atoms with E-state index in [0.29, 0.717) is 18.3 Å². The van der Waals surface area contributed by atoms with Gasteiger partial charge in [-0.1, -0.05) is 0 Å². The van der Waals surface area contributed by atoms with E-state index >= 15 is 0 Å². The van der Waals surface area contributed by atoms with Gasteiger partial charge in [0, 0.05) is 6.61 Å². The first kappa shape index (κ1) is 11.1. The Kier molecular flexibility index (Phi) is 3.90. The normalized spacial score (nSPS) is 20.4. The van der Waals surface area contributed by atoms with Crippen molar-refractivity contribution < 1.29 is 9.47 Å². The number of ether oxygens (including phenoxy) is 2. The van der Waals surface area contributed by atoms with Crippen LogP contribution in [0.15, 0.2) is 12.4 Å². The summed E-state index contributed by atoms with van der Waals surface area (Å²) < 4.78 is 11.0. The monoisotopic (exact) mass is 224 g/mol. The summed E-state index contributed by atoms with van der Waals surface area (Å²) in [4.78, 5) is 8.05. The zero-order valence-electron chi connectivity index (χ0n) is 9.06. The lowest BCUT2D eigenvalue weighted by Crippen LogP contribution is -2.26. The summed E-state index contributed by atoms with van der Waals surface area (Å²) >= 11 is 0. The number of hydrogen-bond donors (Lipinski definition) is 2. The maximum absolute atomic E-state index is 5.54. The van der Waals surface area contributed by atoms with E-state index < -0.39 is 0 Å². The Hall–Kier alpha value is -1.40. The summed E-state index contributed by atoms with van der Waals surface area (Å²) in [6, 6.07) is 0. The van der Waals surface area contributed by atoms with Crippen LogP contribution in [0, 0.1) is 0 Å². The molecule has 1 atom stereocenters. The van der Waals surface area contributed by atoms with Crippen molar-refractivity contribution in [2.75, 3.05) is 18.6 Å². The first-order valence-electron chi connectivity index (χ1n) is 5.41. The zero-order chi connectivity index (χ0) is 11.2. The van der Waals surface area contributed by atoms with Gasteiger partial charge in [0.1, 0.15) is 6.61 Å². The third-order valence-electron chi connectivity index (χ3n) is 2.45. The average molecular weight is 224 g/mol. The van der Waals surface area contributed by atoms with Crippen LogP contribution < -0.4 is 16.0 Å². The van der Waals surface area contributed by atoms with Gasteiger partial charge in [0.15, 0.2) is 5.82 Å². The van der Waals surface area contributed by atoms with Crippen molar-refractivity contribution >= 4 is 5.82 Å². The number of anilines is 1. The summed E-state index contributed by atoms with van der Waals surface area (Å²) in [6.45, 7) is 1.34. The van der Waals surface area contributed by atoms with Crippen molar-refractivity contribution in [2.24, 2.45) is 5.84 Å². The third kappa shape index (κ3) is 3.04. The van der Waals surface area contributed by atoms with E-state index in [4.69, 9.17) is 15.3 Å². The van der Waals surface area contributed by atoms with Crippen molar-refractivity contribution in [3.63, 3.8) is 0 Å². The van der Waals surface area contributed by atoms with Gasteiger partial charge in [0.2, 0.25) is 5.88 Å². The molecule has 0 saturated carbocycles. The van der Waals surface area contributed by atoms with Crippen LogP contribution in [0.5, 0.6) is 5.88 Å². The minimum absolute atomic E-state index is 0.171. The number of hydrogen-bond acceptors (Lipinski definition) is 6. The SMILES string of the molecule is NNc1cncc(OCC2CCCCO2)n1. The Morgan fingerprint density at radius 2 is 2.44 bits per heavy atom. The molecule has 0 radical (unpaired) electrons. The van der Waals surface area contributed by atoms with E-state index in [1.807, 2.05) is 0 Å². The molecule has 1 aromatic rings. The van der Waals surface area contributed by atoms with Crippen LogP contribution in [0.4, 0.5) is 5.82 Å². The summed E-state index contributed by atoms with van der Waals surface area (Å²) in [5.41, 5.74) is 2.42. The van der Waals surface area contributed by atoms with Gasteiger partial charge in [-0.3, -0.25) is 4.98 Å². The lowest BCUT2D eigenvalue weighted by Gasteiger charge is -2.22. The molecule has 6 heteroatoms. The number of nitrogens with zero attached hydrogens (tertiary/aromatic N) is 2. The van der Waals surface area contributed by atoms with Gasteiger partial charge >= 0.3 is 0 Å². The maximum atomic E-state index is 5.54. The molecule has 16 heavy (non-hydrogen) atoms. The molecular weight excluding hydrogens is 208 g/mol. The minimum atomic E-state index is 0.171. The molecule has 2 heterocycles. The van der Waals surface area contributed by atoms with E-state index in [9.17, 15) is 0 Å². The molecule has 1 saturated heterocycles. The van der Waals surface area contributed by atoms with Crippen LogP contribution in [-0.2, 0) is 4.74 Å². The first-order chi connectivity index (χ1) is 7.88. The molecule has 6 nitrogen and oxygen atoms in total. The molecule has 3 N–H and O–H groups in total. The van der Waals surface area contributed by atoms with Crippen molar-refractivity contribution in [2.45, 2.75) is 25.4 Å². The van der Waals surface area contributed by atoms with Gasteiger partial charge in [0.05, 0.1) is 18.5 Å². The van der Waals surface area contributed by atoms with Crippen molar-refractivity contribution in [3.05, 3.63) is 12.4 Å². The van der Waals surface area contributed by atoms with Crippen LogP contribution in [0.1, 0.15) is 19.3 Å². The smallest absolute Gasteiger partial charge is 0.234 e. The van der Waals surface area contributed by atoms with Crippen LogP contribution >= 0.6 is 0 Å². The number of rotatable bonds is 4. The van der Waals surface area contributed by atoms with Crippen LogP contribution in [-0.4, -0.2) is 29.3 Å². The fraction of sp³-hybridized carbons (Fsp3) is 0.600. The van der Waals surface area contributed by atoms with Crippen molar-refractivity contribution in [3.8, 4) is 5.88 Å². The van der Waals surface area contributed by atoms with Crippen molar-refractivity contribution in [1.82, 2.24) is 9.97 Å². The van der Waals surface area contributed by atoms with Gasteiger partial charge in [-0.25, -0.2) is 5.84 Å². The lowest BCUT2D eigenvalue weighted by atomic mass is 10.1. The van der Waals surface area contributed by atoms with E-state index in [0.717, 1.165) is 19.4 Å². The minimum Gasteiger partial charge on any atom is -0.474 e. The quantitative estimate of drug-likeness (QED) is 0.579. The Bertz CT molecular complexity index is 328. The fourth-order valence-electron chi connectivity index (χ4n) is 1.60. The molecule has 0 aliphatic carbocycles. The number of aromatic nitrogens is 2. The summed E-state index contributed by atoms with van der Waals surface area (Å²) in [7, 11) is 0. The van der Waals surface area contributed by atoms with E-state index in [1.54, 1.807) is 6.20 Å². The second kappa shape index (κ2) is 5.62. The first-order valence-corrected chi connectivity index (χ1v) is 5.41. The van der Waals surface area contributed by atoms with Crippen molar-refractivity contribution in [1.29, 1.82) is 0 Å². The molecule has 1 aliphatic rings. The molecule has 0 bridgehead atoms. The molecule has 1 aliphatic heterocycles. The third-order valence-corrected chi connectivity index (χ3v) is 2.45. The van der Waals surface area contributed by atoms with Gasteiger partial charge < -0.3 is 14.9 Å². The summed E-state index contributed by atoms with van der Waals surface area (Å²) in [6.07, 6.45) is 6.65. The second-order valence-corrected chi connectivity index (χ2v) is 3.69. The molecule has 0 amide bonds. The van der Waals surface area contributed by atoms with Gasteiger partial charge in [-0.15, -0.1) is 0 Å². The Morgan fingerprint density at radius 1 is 1.50 bits per heavy atom. The molecule has 1 aromatic heterocycles. The highest BCUT2D eigenvalue weighted by molar-refractivity contribution is 5.31. The van der Waals surface area contributed by atoms with E-state index in [1.165, 1.54) is 12.6 Å². The maximum Gasteiger partial charge on any atom is 0.234 e. The Labute approximate surface area is 94.1 Å². The average Bonchev–Trinajstić information content (AvgIpc) is 2.38. The molecule has 0 aromatic carbocycles. The highest BCUT2D eigenvalue weighted by Crippen LogP contribution is 2.14. The van der Waals surface area contributed by atoms with Crippen LogP contribution in [0.25, 0.3) is 0 Å². The molecule has 1 fully saturated rings. The fourth-order valence-corrected chi connectivity index (χ4v) is 1.60. The van der Waals surface area contributed by atoms with Gasteiger partial charge in [-0.05, 0) is 19.3 Å². The Morgan fingerprint density at radius 3 is 3.19 bits per heavy atom. The predicted molar refractivity (Wildman–Crippen MR) is 58.9 cm³/mol. The summed E-state index contributed by atoms with van der Waals surface area (Å²) in [5.74, 6) is 6.18. The number of nitrogen functional groups attached to an aromatic ring is 1. The van der Waals surface area contributed by atoms with E-state index in [-0.39, 0.29) is 6.10 Å². The number of nitrogens with two attached hydrogens (primary N) is 1. The van der Waals surface area contributed by atoms with Gasteiger partial charge in [-0.2, -0.15) is 4.98 Å². The summed E-state index contributed by atoms with van der Waals surface area (Å²) in [5, 5.41) is 0. The highest BCUT2D eigenvalue weighted by Gasteiger charge is 2.14. The highest BCUT2D eigenvalue weighted by atomic mass is 16.5. The molecule has 88 valence electrons.